The summed E-state index contributed by atoms with van der Waals surface area (Å²) in [6.45, 7) is 6.78. The number of ether oxygens (including phenoxy) is 1. The third kappa shape index (κ3) is 4.76. The van der Waals surface area contributed by atoms with Crippen LogP contribution < -0.4 is 10.1 Å². The number of nitrogens with one attached hydrogen (secondary N) is 1. The normalized spacial score (nSPS) is 10.7. The topological polar surface area (TPSA) is 38.3 Å². The van der Waals surface area contributed by atoms with Gasteiger partial charge in [-0.1, -0.05) is 62.4 Å². The summed E-state index contributed by atoms with van der Waals surface area (Å²) in [6.07, 6.45) is 0. The fourth-order valence-corrected chi connectivity index (χ4v) is 2.97. The van der Waals surface area contributed by atoms with Crippen molar-refractivity contribution in [3.05, 3.63) is 95.1 Å². The fourth-order valence-electron chi connectivity index (χ4n) is 2.97. The van der Waals surface area contributed by atoms with Crippen molar-refractivity contribution in [1.82, 2.24) is 0 Å². The second kappa shape index (κ2) is 8.54. The molecule has 138 valence electrons. The molecule has 27 heavy (non-hydrogen) atoms. The zero-order valence-electron chi connectivity index (χ0n) is 16.0. The molecule has 0 saturated carbocycles. The van der Waals surface area contributed by atoms with Crippen molar-refractivity contribution < 1.29 is 9.53 Å². The van der Waals surface area contributed by atoms with E-state index in [1.165, 1.54) is 0 Å². The number of rotatable bonds is 6. The van der Waals surface area contributed by atoms with Crippen molar-refractivity contribution in [2.75, 3.05) is 5.32 Å². The standard InChI is InChI=1S/C24H25NO2/c1-17(2)22-11-7-8-18(3)23(22)25-24(26)20-12-14-21(15-13-20)27-16-19-9-5-4-6-10-19/h4-15,17H,16H2,1-3H3,(H,25,26). The Morgan fingerprint density at radius 1 is 0.926 bits per heavy atom. The Labute approximate surface area is 161 Å². The highest BCUT2D eigenvalue weighted by Crippen LogP contribution is 2.28. The van der Waals surface area contributed by atoms with E-state index in [2.05, 4.69) is 25.2 Å². The predicted molar refractivity (Wildman–Crippen MR) is 110 cm³/mol. The molecule has 0 spiro atoms. The number of benzene rings is 3. The van der Waals surface area contributed by atoms with Crippen LogP contribution in [-0.2, 0) is 6.61 Å². The van der Waals surface area contributed by atoms with Crippen LogP contribution in [0.5, 0.6) is 5.75 Å². The van der Waals surface area contributed by atoms with Gasteiger partial charge in [-0.3, -0.25) is 4.79 Å². The third-order valence-electron chi connectivity index (χ3n) is 4.53. The molecule has 1 N–H and O–H groups in total. The molecule has 1 amide bonds. The number of carbonyl (C=O) groups is 1. The van der Waals surface area contributed by atoms with Gasteiger partial charge in [-0.25, -0.2) is 0 Å². The minimum Gasteiger partial charge on any atom is -0.489 e. The number of amides is 1. The summed E-state index contributed by atoms with van der Waals surface area (Å²) in [7, 11) is 0. The Hall–Kier alpha value is -3.07. The maximum atomic E-state index is 12.7. The van der Waals surface area contributed by atoms with E-state index >= 15 is 0 Å². The maximum Gasteiger partial charge on any atom is 0.255 e. The lowest BCUT2D eigenvalue weighted by Gasteiger charge is -2.16. The average Bonchev–Trinajstić information content (AvgIpc) is 2.69. The predicted octanol–water partition coefficient (Wildman–Crippen LogP) is 5.95. The van der Waals surface area contributed by atoms with Gasteiger partial charge in [0.25, 0.3) is 5.91 Å². The van der Waals surface area contributed by atoms with E-state index in [-0.39, 0.29) is 5.91 Å². The SMILES string of the molecule is Cc1cccc(C(C)C)c1NC(=O)c1ccc(OCc2ccccc2)cc1. The minimum absolute atomic E-state index is 0.110. The molecule has 3 nitrogen and oxygen atoms in total. The quantitative estimate of drug-likeness (QED) is 0.590. The second-order valence-electron chi connectivity index (χ2n) is 6.95. The summed E-state index contributed by atoms with van der Waals surface area (Å²) in [4.78, 5) is 12.7. The third-order valence-corrected chi connectivity index (χ3v) is 4.53. The van der Waals surface area contributed by atoms with Crippen LogP contribution in [0.25, 0.3) is 0 Å². The largest absolute Gasteiger partial charge is 0.489 e. The van der Waals surface area contributed by atoms with Crippen molar-refractivity contribution in [3.8, 4) is 5.75 Å². The molecule has 0 aliphatic carbocycles. The van der Waals surface area contributed by atoms with Crippen LogP contribution in [0.15, 0.2) is 72.8 Å². The van der Waals surface area contributed by atoms with E-state index in [1.54, 1.807) is 12.1 Å². The number of para-hydroxylation sites is 1. The minimum atomic E-state index is -0.110. The molecule has 0 saturated heterocycles. The fraction of sp³-hybridized carbons (Fsp3) is 0.208. The Morgan fingerprint density at radius 2 is 1.63 bits per heavy atom. The number of hydrogen-bond acceptors (Lipinski definition) is 2. The molecular weight excluding hydrogens is 334 g/mol. The van der Waals surface area contributed by atoms with Crippen LogP contribution in [0.3, 0.4) is 0 Å². The van der Waals surface area contributed by atoms with Gasteiger partial charge in [0, 0.05) is 11.3 Å². The molecule has 3 heteroatoms. The van der Waals surface area contributed by atoms with Gasteiger partial charge < -0.3 is 10.1 Å². The molecule has 0 aromatic heterocycles. The molecule has 3 aromatic rings. The molecule has 0 bridgehead atoms. The van der Waals surface area contributed by atoms with Crippen molar-refractivity contribution in [3.63, 3.8) is 0 Å². The lowest BCUT2D eigenvalue weighted by Crippen LogP contribution is -2.14. The molecule has 3 aromatic carbocycles. The van der Waals surface area contributed by atoms with E-state index < -0.39 is 0 Å². The smallest absolute Gasteiger partial charge is 0.255 e. The average molecular weight is 359 g/mol. The Bertz CT molecular complexity index is 899. The van der Waals surface area contributed by atoms with Crippen molar-refractivity contribution in [2.24, 2.45) is 0 Å². The summed E-state index contributed by atoms with van der Waals surface area (Å²) < 4.78 is 5.78. The number of carbonyl (C=O) groups excluding carboxylic acids is 1. The van der Waals surface area contributed by atoms with Crippen LogP contribution in [0.1, 0.15) is 46.8 Å². The lowest BCUT2D eigenvalue weighted by atomic mass is 9.98. The molecule has 0 unspecified atom stereocenters. The number of anilines is 1. The van der Waals surface area contributed by atoms with E-state index in [9.17, 15) is 4.79 Å². The molecule has 0 aliphatic rings. The molecule has 0 radical (unpaired) electrons. The molecule has 3 rings (SSSR count). The van der Waals surface area contributed by atoms with Crippen molar-refractivity contribution >= 4 is 11.6 Å². The van der Waals surface area contributed by atoms with Crippen molar-refractivity contribution in [1.29, 1.82) is 0 Å². The lowest BCUT2D eigenvalue weighted by molar-refractivity contribution is 0.102. The van der Waals surface area contributed by atoms with Gasteiger partial charge in [0.15, 0.2) is 0 Å². The highest BCUT2D eigenvalue weighted by atomic mass is 16.5. The molecule has 0 atom stereocenters. The Morgan fingerprint density at radius 3 is 2.30 bits per heavy atom. The van der Waals surface area contributed by atoms with Gasteiger partial charge in [0.1, 0.15) is 12.4 Å². The highest BCUT2D eigenvalue weighted by molar-refractivity contribution is 6.05. The highest BCUT2D eigenvalue weighted by Gasteiger charge is 2.13. The van der Waals surface area contributed by atoms with E-state index in [0.717, 1.165) is 28.1 Å². The summed E-state index contributed by atoms with van der Waals surface area (Å²) >= 11 is 0. The van der Waals surface area contributed by atoms with Gasteiger partial charge in [-0.05, 0) is 53.8 Å². The first kappa shape index (κ1) is 18.7. The van der Waals surface area contributed by atoms with Crippen LogP contribution in [-0.4, -0.2) is 5.91 Å². The molecule has 0 heterocycles. The van der Waals surface area contributed by atoms with Gasteiger partial charge in [0.05, 0.1) is 0 Å². The summed E-state index contributed by atoms with van der Waals surface area (Å²) in [5.74, 6) is 0.976. The Kier molecular flexibility index (Phi) is 5.92. The zero-order valence-corrected chi connectivity index (χ0v) is 16.0. The maximum absolute atomic E-state index is 12.7. The Balaban J connectivity index is 1.68. The summed E-state index contributed by atoms with van der Waals surface area (Å²) in [5, 5.41) is 3.07. The summed E-state index contributed by atoms with van der Waals surface area (Å²) in [5.41, 5.74) is 4.84. The van der Waals surface area contributed by atoms with Crippen LogP contribution in [0.2, 0.25) is 0 Å². The molecule has 0 aliphatic heterocycles. The first-order valence-corrected chi connectivity index (χ1v) is 9.22. The molecule has 0 fully saturated rings. The van der Waals surface area contributed by atoms with E-state index in [0.29, 0.717) is 18.1 Å². The van der Waals surface area contributed by atoms with Gasteiger partial charge in [0.2, 0.25) is 0 Å². The molecular formula is C24H25NO2. The summed E-state index contributed by atoms with van der Waals surface area (Å²) in [6, 6.07) is 23.4. The second-order valence-corrected chi connectivity index (χ2v) is 6.95. The van der Waals surface area contributed by atoms with Crippen molar-refractivity contribution in [2.45, 2.75) is 33.3 Å². The van der Waals surface area contributed by atoms with E-state index in [1.807, 2.05) is 61.5 Å². The van der Waals surface area contributed by atoms with Gasteiger partial charge in [-0.15, -0.1) is 0 Å². The number of aryl methyl sites for hydroxylation is 1. The van der Waals surface area contributed by atoms with Crippen LogP contribution >= 0.6 is 0 Å². The monoisotopic (exact) mass is 359 g/mol. The zero-order chi connectivity index (χ0) is 19.2. The van der Waals surface area contributed by atoms with Gasteiger partial charge in [-0.2, -0.15) is 0 Å². The van der Waals surface area contributed by atoms with E-state index in [4.69, 9.17) is 4.74 Å². The van der Waals surface area contributed by atoms with Crippen LogP contribution in [0.4, 0.5) is 5.69 Å². The van der Waals surface area contributed by atoms with Gasteiger partial charge >= 0.3 is 0 Å². The first-order valence-electron chi connectivity index (χ1n) is 9.22. The number of hydrogen-bond donors (Lipinski definition) is 1. The first-order chi connectivity index (χ1) is 13.0. The van der Waals surface area contributed by atoms with Crippen LogP contribution in [0, 0.1) is 6.92 Å².